The normalized spacial score (nSPS) is 20.3. The molecule has 0 saturated heterocycles. The average molecular weight is 415 g/mol. The number of hydrogen-bond donors (Lipinski definition) is 2. The van der Waals surface area contributed by atoms with Crippen LogP contribution in [0.15, 0.2) is 71.1 Å². The van der Waals surface area contributed by atoms with Crippen LogP contribution in [-0.2, 0) is 9.59 Å². The average Bonchev–Trinajstić information content (AvgIpc) is 2.68. The number of amides is 1. The lowest BCUT2D eigenvalue weighted by molar-refractivity contribution is -0.118. The first-order valence-electron chi connectivity index (χ1n) is 10.8. The third kappa shape index (κ3) is 4.07. The zero-order valence-corrected chi connectivity index (χ0v) is 18.9. The second-order valence-corrected chi connectivity index (χ2v) is 9.61. The highest BCUT2D eigenvalue weighted by Crippen LogP contribution is 2.46. The standard InChI is InChI=1S/C27H30N2O2/c1-16-10-12-19(13-11-16)24-23(26(31)29-20-9-7-6-8-17(20)2)18(3)28-21-14-27(4,5)15-22(30)25(21)24/h6-13,24,28H,14-15H2,1-5H3,(H,29,31). The van der Waals surface area contributed by atoms with Crippen molar-refractivity contribution in [2.45, 2.75) is 53.4 Å². The number of carbonyl (C=O) groups is 2. The summed E-state index contributed by atoms with van der Waals surface area (Å²) < 4.78 is 0. The molecule has 1 amide bonds. The van der Waals surface area contributed by atoms with Crippen LogP contribution in [-0.4, -0.2) is 11.7 Å². The highest BCUT2D eigenvalue weighted by molar-refractivity contribution is 6.10. The second kappa shape index (κ2) is 7.84. The van der Waals surface area contributed by atoms with Crippen LogP contribution in [0.3, 0.4) is 0 Å². The van der Waals surface area contributed by atoms with Gasteiger partial charge < -0.3 is 10.6 Å². The van der Waals surface area contributed by atoms with Gasteiger partial charge in [0.25, 0.3) is 5.91 Å². The molecule has 0 spiro atoms. The Hall–Kier alpha value is -3.14. The molecule has 0 saturated carbocycles. The molecule has 2 aromatic rings. The minimum absolute atomic E-state index is 0.0953. The lowest BCUT2D eigenvalue weighted by atomic mass is 9.68. The summed E-state index contributed by atoms with van der Waals surface area (Å²) in [5.41, 5.74) is 6.92. The van der Waals surface area contributed by atoms with E-state index in [2.05, 4.69) is 24.5 Å². The fraction of sp³-hybridized carbons (Fsp3) is 0.333. The van der Waals surface area contributed by atoms with Gasteiger partial charge in [0.1, 0.15) is 0 Å². The molecule has 4 heteroatoms. The number of hydrogen-bond acceptors (Lipinski definition) is 3. The molecule has 2 N–H and O–H groups in total. The monoisotopic (exact) mass is 414 g/mol. The molecule has 1 aliphatic carbocycles. The van der Waals surface area contributed by atoms with Crippen molar-refractivity contribution in [3.63, 3.8) is 0 Å². The van der Waals surface area contributed by atoms with Gasteiger partial charge in [-0.2, -0.15) is 0 Å². The van der Waals surface area contributed by atoms with Crippen molar-refractivity contribution in [3.8, 4) is 0 Å². The molecule has 0 aromatic heterocycles. The summed E-state index contributed by atoms with van der Waals surface area (Å²) in [6.07, 6.45) is 1.28. The number of Topliss-reactive ketones (excluding diaryl/α,β-unsaturated/α-hetero) is 1. The fourth-order valence-electron chi connectivity index (χ4n) is 4.73. The minimum atomic E-state index is -0.371. The number of carbonyl (C=O) groups excluding carboxylic acids is 2. The van der Waals surface area contributed by atoms with E-state index in [4.69, 9.17) is 0 Å². The summed E-state index contributed by atoms with van der Waals surface area (Å²) in [6.45, 7) is 10.2. The summed E-state index contributed by atoms with van der Waals surface area (Å²) in [4.78, 5) is 26.9. The van der Waals surface area contributed by atoms with E-state index in [0.717, 1.165) is 45.8 Å². The van der Waals surface area contributed by atoms with E-state index in [1.807, 2.05) is 69.3 Å². The Labute approximate surface area is 184 Å². The predicted octanol–water partition coefficient (Wildman–Crippen LogP) is 5.55. The van der Waals surface area contributed by atoms with E-state index < -0.39 is 0 Å². The number of allylic oxidation sites excluding steroid dienone is 3. The molecule has 0 bridgehead atoms. The van der Waals surface area contributed by atoms with Gasteiger partial charge in [-0.05, 0) is 49.8 Å². The van der Waals surface area contributed by atoms with Crippen LogP contribution in [0.5, 0.6) is 0 Å². The van der Waals surface area contributed by atoms with Crippen molar-refractivity contribution in [1.82, 2.24) is 5.32 Å². The van der Waals surface area contributed by atoms with Gasteiger partial charge in [-0.15, -0.1) is 0 Å². The van der Waals surface area contributed by atoms with E-state index in [1.54, 1.807) is 0 Å². The fourth-order valence-corrected chi connectivity index (χ4v) is 4.73. The molecule has 4 rings (SSSR count). The Morgan fingerprint density at radius 1 is 1.00 bits per heavy atom. The van der Waals surface area contributed by atoms with Gasteiger partial charge in [0.05, 0.1) is 0 Å². The van der Waals surface area contributed by atoms with E-state index in [0.29, 0.717) is 12.0 Å². The number of rotatable bonds is 3. The van der Waals surface area contributed by atoms with E-state index >= 15 is 0 Å². The van der Waals surface area contributed by atoms with Crippen molar-refractivity contribution in [1.29, 1.82) is 0 Å². The third-order valence-corrected chi connectivity index (χ3v) is 6.29. The van der Waals surface area contributed by atoms with Crippen molar-refractivity contribution < 1.29 is 9.59 Å². The summed E-state index contributed by atoms with van der Waals surface area (Å²) in [5.74, 6) is -0.420. The minimum Gasteiger partial charge on any atom is -0.362 e. The summed E-state index contributed by atoms with van der Waals surface area (Å²) in [6, 6.07) is 15.9. The maximum absolute atomic E-state index is 13.5. The molecular weight excluding hydrogens is 384 g/mol. The maximum Gasteiger partial charge on any atom is 0.254 e. The second-order valence-electron chi connectivity index (χ2n) is 9.61. The zero-order valence-electron chi connectivity index (χ0n) is 18.9. The smallest absolute Gasteiger partial charge is 0.254 e. The lowest BCUT2D eigenvalue weighted by Gasteiger charge is -2.39. The topological polar surface area (TPSA) is 58.2 Å². The van der Waals surface area contributed by atoms with Gasteiger partial charge in [-0.25, -0.2) is 0 Å². The Bertz CT molecular complexity index is 1120. The number of benzene rings is 2. The number of nitrogens with one attached hydrogen (secondary N) is 2. The molecule has 1 heterocycles. The Kier molecular flexibility index (Phi) is 5.34. The number of aryl methyl sites for hydroxylation is 2. The molecule has 0 fully saturated rings. The van der Waals surface area contributed by atoms with Crippen LogP contribution in [0.25, 0.3) is 0 Å². The number of anilines is 1. The van der Waals surface area contributed by atoms with Crippen LogP contribution in [0, 0.1) is 19.3 Å². The first-order chi connectivity index (χ1) is 14.7. The molecule has 2 aliphatic rings. The number of dihydropyridines is 1. The predicted molar refractivity (Wildman–Crippen MR) is 125 cm³/mol. The molecule has 1 atom stereocenters. The molecule has 31 heavy (non-hydrogen) atoms. The quantitative estimate of drug-likeness (QED) is 0.693. The van der Waals surface area contributed by atoms with Crippen LogP contribution in [0.4, 0.5) is 5.69 Å². The maximum atomic E-state index is 13.5. The number of ketones is 1. The zero-order chi connectivity index (χ0) is 22.3. The van der Waals surface area contributed by atoms with Gasteiger partial charge in [0.2, 0.25) is 0 Å². The van der Waals surface area contributed by atoms with Crippen molar-refractivity contribution >= 4 is 17.4 Å². The van der Waals surface area contributed by atoms with Gasteiger partial charge in [0, 0.05) is 40.6 Å². The van der Waals surface area contributed by atoms with Gasteiger partial charge in [-0.3, -0.25) is 9.59 Å². The van der Waals surface area contributed by atoms with Crippen LogP contribution in [0.2, 0.25) is 0 Å². The van der Waals surface area contributed by atoms with Crippen molar-refractivity contribution in [3.05, 3.63) is 87.8 Å². The van der Waals surface area contributed by atoms with Gasteiger partial charge in [0.15, 0.2) is 5.78 Å². The van der Waals surface area contributed by atoms with E-state index in [-0.39, 0.29) is 23.0 Å². The summed E-state index contributed by atoms with van der Waals surface area (Å²) in [5, 5.41) is 6.50. The molecular formula is C27H30N2O2. The largest absolute Gasteiger partial charge is 0.362 e. The lowest BCUT2D eigenvalue weighted by Crippen LogP contribution is -2.39. The molecule has 2 aromatic carbocycles. The van der Waals surface area contributed by atoms with Crippen LogP contribution < -0.4 is 10.6 Å². The molecule has 1 unspecified atom stereocenters. The first-order valence-corrected chi connectivity index (χ1v) is 10.8. The van der Waals surface area contributed by atoms with E-state index in [1.165, 1.54) is 0 Å². The molecule has 0 radical (unpaired) electrons. The Morgan fingerprint density at radius 3 is 2.35 bits per heavy atom. The first kappa shape index (κ1) is 21.1. The summed E-state index contributed by atoms with van der Waals surface area (Å²) >= 11 is 0. The van der Waals surface area contributed by atoms with Crippen molar-refractivity contribution in [2.75, 3.05) is 5.32 Å². The Morgan fingerprint density at radius 2 is 1.68 bits per heavy atom. The van der Waals surface area contributed by atoms with Crippen molar-refractivity contribution in [2.24, 2.45) is 5.41 Å². The number of para-hydroxylation sites is 1. The molecule has 4 nitrogen and oxygen atoms in total. The summed E-state index contributed by atoms with van der Waals surface area (Å²) in [7, 11) is 0. The SMILES string of the molecule is CC1=C(C(=O)Nc2ccccc2C)C(c2ccc(C)cc2)C2=C(CC(C)(C)CC2=O)N1. The van der Waals surface area contributed by atoms with Crippen LogP contribution >= 0.6 is 0 Å². The third-order valence-electron chi connectivity index (χ3n) is 6.29. The molecule has 160 valence electrons. The van der Waals surface area contributed by atoms with Gasteiger partial charge >= 0.3 is 0 Å². The Balaban J connectivity index is 1.81. The van der Waals surface area contributed by atoms with Crippen LogP contribution in [0.1, 0.15) is 56.2 Å². The highest BCUT2D eigenvalue weighted by Gasteiger charge is 2.42. The highest BCUT2D eigenvalue weighted by atomic mass is 16.2. The van der Waals surface area contributed by atoms with E-state index in [9.17, 15) is 9.59 Å². The molecule has 1 aliphatic heterocycles. The van der Waals surface area contributed by atoms with Gasteiger partial charge in [-0.1, -0.05) is 61.9 Å².